The molecule has 23 heavy (non-hydrogen) atoms. The molecule has 2 aliphatic heterocycles. The number of carbonyl (C=O) groups excluding carboxylic acids is 2. The van der Waals surface area contributed by atoms with Crippen molar-refractivity contribution in [3.8, 4) is 0 Å². The highest BCUT2D eigenvalue weighted by Crippen LogP contribution is 2.45. The van der Waals surface area contributed by atoms with Crippen LogP contribution in [-0.4, -0.2) is 60.4 Å². The van der Waals surface area contributed by atoms with Gasteiger partial charge in [-0.15, -0.1) is 0 Å². The van der Waals surface area contributed by atoms with Crippen LogP contribution in [0.15, 0.2) is 24.3 Å². The molecule has 0 unspecified atom stereocenters. The first-order valence-electron chi connectivity index (χ1n) is 7.87. The summed E-state index contributed by atoms with van der Waals surface area (Å²) in [5.74, 6) is 0.160. The Labute approximate surface area is 135 Å². The number of amides is 3. The van der Waals surface area contributed by atoms with E-state index >= 15 is 0 Å². The summed E-state index contributed by atoms with van der Waals surface area (Å²) in [4.78, 5) is 29.4. The lowest BCUT2D eigenvalue weighted by atomic mass is 9.89. The number of benzene rings is 1. The number of likely N-dealkylation sites (tertiary alicyclic amines) is 2. The Morgan fingerprint density at radius 2 is 1.96 bits per heavy atom. The van der Waals surface area contributed by atoms with Gasteiger partial charge in [-0.25, -0.2) is 9.18 Å². The maximum Gasteiger partial charge on any atom is 0.320 e. The van der Waals surface area contributed by atoms with E-state index in [1.807, 2.05) is 15.9 Å². The van der Waals surface area contributed by atoms with Gasteiger partial charge in [0.15, 0.2) is 0 Å². The lowest BCUT2D eigenvalue weighted by molar-refractivity contribution is -0.128. The minimum atomic E-state index is -0.301. The molecule has 0 aromatic heterocycles. The van der Waals surface area contributed by atoms with Crippen LogP contribution in [0.4, 0.5) is 9.18 Å². The van der Waals surface area contributed by atoms with Crippen molar-refractivity contribution in [3.63, 3.8) is 0 Å². The molecule has 0 saturated carbocycles. The fourth-order valence-electron chi connectivity index (χ4n) is 3.87. The first kappa shape index (κ1) is 15.8. The first-order valence-corrected chi connectivity index (χ1v) is 7.87. The molecule has 0 bridgehead atoms. The van der Waals surface area contributed by atoms with E-state index in [0.29, 0.717) is 19.6 Å². The molecule has 3 rings (SSSR count). The Kier molecular flexibility index (Phi) is 4.00. The second-order valence-corrected chi connectivity index (χ2v) is 6.68. The molecule has 0 radical (unpaired) electrons. The minimum Gasteiger partial charge on any atom is -0.342 e. The molecule has 2 heterocycles. The molecule has 0 spiro atoms. The summed E-state index contributed by atoms with van der Waals surface area (Å²) in [5, 5.41) is 0. The fraction of sp³-hybridized carbons (Fsp3) is 0.529. The number of rotatable bonds is 1. The largest absolute Gasteiger partial charge is 0.342 e. The molecule has 5 nitrogen and oxygen atoms in total. The smallest absolute Gasteiger partial charge is 0.320 e. The normalized spacial score (nSPS) is 26.3. The second kappa shape index (κ2) is 5.83. The first-order chi connectivity index (χ1) is 10.9. The quantitative estimate of drug-likeness (QED) is 0.794. The average Bonchev–Trinajstić information content (AvgIpc) is 3.03. The lowest BCUT2D eigenvalue weighted by Crippen LogP contribution is -2.41. The predicted octanol–water partition coefficient (Wildman–Crippen LogP) is 1.96. The van der Waals surface area contributed by atoms with Gasteiger partial charge in [-0.3, -0.25) is 4.79 Å². The van der Waals surface area contributed by atoms with Gasteiger partial charge in [0, 0.05) is 52.5 Å². The van der Waals surface area contributed by atoms with Crippen LogP contribution in [0.1, 0.15) is 18.5 Å². The van der Waals surface area contributed by atoms with Crippen LogP contribution in [0.2, 0.25) is 0 Å². The lowest BCUT2D eigenvalue weighted by Gasteiger charge is -2.31. The summed E-state index contributed by atoms with van der Waals surface area (Å²) < 4.78 is 13.7. The van der Waals surface area contributed by atoms with Gasteiger partial charge in [-0.05, 0) is 17.7 Å². The second-order valence-electron chi connectivity index (χ2n) is 6.68. The van der Waals surface area contributed by atoms with E-state index in [1.54, 1.807) is 32.0 Å². The molecule has 0 aliphatic carbocycles. The Balaban J connectivity index is 1.95. The van der Waals surface area contributed by atoms with Gasteiger partial charge in [0.25, 0.3) is 0 Å². The van der Waals surface area contributed by atoms with Crippen LogP contribution in [0, 0.1) is 17.7 Å². The number of halogens is 1. The number of urea groups is 1. The average molecular weight is 319 g/mol. The highest BCUT2D eigenvalue weighted by atomic mass is 19.1. The van der Waals surface area contributed by atoms with Gasteiger partial charge in [0.1, 0.15) is 5.82 Å². The zero-order chi connectivity index (χ0) is 16.7. The van der Waals surface area contributed by atoms with E-state index in [2.05, 4.69) is 0 Å². The van der Waals surface area contributed by atoms with E-state index < -0.39 is 0 Å². The van der Waals surface area contributed by atoms with E-state index in [4.69, 9.17) is 0 Å². The van der Waals surface area contributed by atoms with Crippen molar-refractivity contribution in [1.82, 2.24) is 14.7 Å². The molecular formula is C17H22FN3O2. The van der Waals surface area contributed by atoms with E-state index in [9.17, 15) is 14.0 Å². The summed E-state index contributed by atoms with van der Waals surface area (Å²) >= 11 is 0. The number of nitrogens with zero attached hydrogens (tertiary/aromatic N) is 3. The van der Waals surface area contributed by atoms with Crippen LogP contribution in [0.25, 0.3) is 0 Å². The predicted molar refractivity (Wildman–Crippen MR) is 84.2 cm³/mol. The Bertz CT molecular complexity index is 634. The van der Waals surface area contributed by atoms with Crippen molar-refractivity contribution < 1.29 is 14.0 Å². The Hall–Kier alpha value is -2.11. The van der Waals surface area contributed by atoms with Gasteiger partial charge < -0.3 is 14.7 Å². The maximum absolute atomic E-state index is 13.7. The molecule has 1 aromatic rings. The third-order valence-corrected chi connectivity index (χ3v) is 4.93. The van der Waals surface area contributed by atoms with E-state index in [-0.39, 0.29) is 35.6 Å². The summed E-state index contributed by atoms with van der Waals surface area (Å²) in [6.45, 7) is 3.47. The van der Waals surface area contributed by atoms with Crippen LogP contribution in [-0.2, 0) is 4.79 Å². The van der Waals surface area contributed by atoms with E-state index in [1.165, 1.54) is 12.1 Å². The highest BCUT2D eigenvalue weighted by molar-refractivity contribution is 5.76. The van der Waals surface area contributed by atoms with Gasteiger partial charge in [0.05, 0.1) is 6.04 Å². The van der Waals surface area contributed by atoms with Crippen LogP contribution < -0.4 is 0 Å². The maximum atomic E-state index is 13.7. The summed E-state index contributed by atoms with van der Waals surface area (Å²) in [6, 6.07) is 6.19. The SMILES string of the molecule is CC(=O)N1C[C@@H]2CN(C(=O)N(C)C)[C@@H](c3cccc(F)c3)[C@@H]2C1. The van der Waals surface area contributed by atoms with Crippen molar-refractivity contribution in [2.24, 2.45) is 11.8 Å². The zero-order valence-electron chi connectivity index (χ0n) is 13.7. The van der Waals surface area contributed by atoms with Crippen molar-refractivity contribution in [2.45, 2.75) is 13.0 Å². The molecular weight excluding hydrogens is 297 g/mol. The molecule has 124 valence electrons. The monoisotopic (exact) mass is 319 g/mol. The molecule has 0 N–H and O–H groups in total. The molecule has 3 atom stereocenters. The topological polar surface area (TPSA) is 43.9 Å². The molecule has 2 saturated heterocycles. The van der Waals surface area contributed by atoms with Crippen LogP contribution >= 0.6 is 0 Å². The number of hydrogen-bond acceptors (Lipinski definition) is 2. The zero-order valence-corrected chi connectivity index (χ0v) is 13.7. The highest BCUT2D eigenvalue weighted by Gasteiger charge is 2.50. The third kappa shape index (κ3) is 2.78. The summed E-state index contributed by atoms with van der Waals surface area (Å²) in [6.07, 6.45) is 0. The van der Waals surface area contributed by atoms with Crippen molar-refractivity contribution in [2.75, 3.05) is 33.7 Å². The standard InChI is InChI=1S/C17H22FN3O2/c1-11(22)20-8-13-9-21(17(23)19(2)3)16(15(13)10-20)12-5-4-6-14(18)7-12/h4-7,13,15-16H,8-10H2,1-3H3/t13-,15-,16+/m1/s1. The summed E-state index contributed by atoms with van der Waals surface area (Å²) in [5.41, 5.74) is 0.804. The van der Waals surface area contributed by atoms with Crippen LogP contribution in [0.3, 0.4) is 0 Å². The van der Waals surface area contributed by atoms with Crippen molar-refractivity contribution in [3.05, 3.63) is 35.6 Å². The third-order valence-electron chi connectivity index (χ3n) is 4.93. The molecule has 2 fully saturated rings. The number of carbonyl (C=O) groups is 2. The van der Waals surface area contributed by atoms with Gasteiger partial charge in [0.2, 0.25) is 5.91 Å². The Morgan fingerprint density at radius 3 is 2.57 bits per heavy atom. The molecule has 1 aromatic carbocycles. The molecule has 6 heteroatoms. The van der Waals surface area contributed by atoms with E-state index in [0.717, 1.165) is 5.56 Å². The number of hydrogen-bond donors (Lipinski definition) is 0. The Morgan fingerprint density at radius 1 is 1.22 bits per heavy atom. The minimum absolute atomic E-state index is 0.0582. The molecule has 2 aliphatic rings. The van der Waals surface area contributed by atoms with Crippen molar-refractivity contribution in [1.29, 1.82) is 0 Å². The van der Waals surface area contributed by atoms with Gasteiger partial charge in [-0.1, -0.05) is 12.1 Å². The number of fused-ring (bicyclic) bond motifs is 1. The van der Waals surface area contributed by atoms with Crippen molar-refractivity contribution >= 4 is 11.9 Å². The summed E-state index contributed by atoms with van der Waals surface area (Å²) in [7, 11) is 3.45. The fourth-order valence-corrected chi connectivity index (χ4v) is 3.87. The molecule has 3 amide bonds. The van der Waals surface area contributed by atoms with Gasteiger partial charge >= 0.3 is 6.03 Å². The van der Waals surface area contributed by atoms with Gasteiger partial charge in [-0.2, -0.15) is 0 Å². The van der Waals surface area contributed by atoms with Crippen LogP contribution in [0.5, 0.6) is 0 Å².